The summed E-state index contributed by atoms with van der Waals surface area (Å²) in [5.41, 5.74) is 9.16. The second-order valence-corrected chi connectivity index (χ2v) is 11.4. The summed E-state index contributed by atoms with van der Waals surface area (Å²) in [6.45, 7) is 18.9. The van der Waals surface area contributed by atoms with E-state index in [0.29, 0.717) is 11.5 Å². The average molecular weight is 461 g/mol. The van der Waals surface area contributed by atoms with Crippen LogP contribution in [0.15, 0.2) is 36.4 Å². The Labute approximate surface area is 207 Å². The Kier molecular flexibility index (Phi) is 7.80. The quantitative estimate of drug-likeness (QED) is 0.291. The highest BCUT2D eigenvalue weighted by molar-refractivity contribution is 5.90. The van der Waals surface area contributed by atoms with Crippen LogP contribution in [0.4, 0.5) is 0 Å². The zero-order valence-corrected chi connectivity index (χ0v) is 22.8. The molecule has 0 amide bonds. The molecule has 0 saturated carbocycles. The number of rotatable bonds is 8. The third kappa shape index (κ3) is 4.88. The van der Waals surface area contributed by atoms with Gasteiger partial charge in [0.05, 0.1) is 12.7 Å². The Morgan fingerprint density at radius 1 is 1.00 bits per heavy atom. The maximum absolute atomic E-state index is 11.8. The average Bonchev–Trinajstić information content (AvgIpc) is 2.95. The molecule has 0 saturated heterocycles. The highest BCUT2D eigenvalue weighted by Gasteiger charge is 2.48. The van der Waals surface area contributed by atoms with E-state index < -0.39 is 0 Å². The maximum Gasteiger partial charge on any atom is 0.337 e. The Bertz CT molecular complexity index is 1050. The summed E-state index contributed by atoms with van der Waals surface area (Å²) in [6, 6.07) is 12.7. The van der Waals surface area contributed by atoms with Gasteiger partial charge in [0.25, 0.3) is 0 Å². The van der Waals surface area contributed by atoms with E-state index >= 15 is 0 Å². The molecule has 2 nitrogen and oxygen atoms in total. The predicted molar refractivity (Wildman–Crippen MR) is 145 cm³/mol. The van der Waals surface area contributed by atoms with E-state index in [9.17, 15) is 4.79 Å². The summed E-state index contributed by atoms with van der Waals surface area (Å²) in [4.78, 5) is 11.8. The monoisotopic (exact) mass is 460 g/mol. The van der Waals surface area contributed by atoms with Crippen molar-refractivity contribution in [2.45, 2.75) is 91.9 Å². The molecule has 0 fully saturated rings. The third-order valence-electron chi connectivity index (χ3n) is 8.91. The van der Waals surface area contributed by atoms with E-state index in [0.717, 1.165) is 17.9 Å². The van der Waals surface area contributed by atoms with E-state index in [4.69, 9.17) is 4.74 Å². The molecule has 1 aliphatic rings. The summed E-state index contributed by atoms with van der Waals surface area (Å²) in [6.07, 6.45) is 7.09. The second kappa shape index (κ2) is 10.1. The van der Waals surface area contributed by atoms with Crippen molar-refractivity contribution in [3.63, 3.8) is 0 Å². The van der Waals surface area contributed by atoms with Crippen LogP contribution in [0.1, 0.15) is 113 Å². The van der Waals surface area contributed by atoms with Gasteiger partial charge in [0.1, 0.15) is 0 Å². The molecule has 0 heterocycles. The van der Waals surface area contributed by atoms with Crippen LogP contribution in [-0.2, 0) is 22.0 Å². The van der Waals surface area contributed by atoms with Crippen LogP contribution >= 0.6 is 0 Å². The number of hydrogen-bond acceptors (Lipinski definition) is 2. The number of carbonyl (C=O) groups excluding carboxylic acids is 1. The van der Waals surface area contributed by atoms with Crippen molar-refractivity contribution in [1.29, 1.82) is 0 Å². The van der Waals surface area contributed by atoms with Crippen molar-refractivity contribution < 1.29 is 9.53 Å². The Morgan fingerprint density at radius 3 is 2.09 bits per heavy atom. The molecule has 34 heavy (non-hydrogen) atoms. The number of carbonyl (C=O) groups is 1. The lowest BCUT2D eigenvalue weighted by molar-refractivity contribution is 0.0600. The number of methoxy groups -OCH3 is 1. The zero-order valence-electron chi connectivity index (χ0n) is 22.8. The molecule has 0 aliphatic heterocycles. The standard InChI is InChI=1S/C32H44O2/c1-10-23(11-2)12-17-26-19-28-29(32(7,8)22(4)31(28,5)6)20-27(26)21(3)18-24-13-15-25(16-14-24)30(33)34-9/h13-16,18-20,22-23H,10-12,17H2,1-9H3/b21-18+. The van der Waals surface area contributed by atoms with Crippen molar-refractivity contribution in [3.05, 3.63) is 69.8 Å². The van der Waals surface area contributed by atoms with Crippen molar-refractivity contribution in [2.75, 3.05) is 7.11 Å². The fraction of sp³-hybridized carbons (Fsp3) is 0.531. The summed E-state index contributed by atoms with van der Waals surface area (Å²) in [5, 5.41) is 0. The van der Waals surface area contributed by atoms with E-state index in [1.165, 1.54) is 54.2 Å². The van der Waals surface area contributed by atoms with Gasteiger partial charge in [0.2, 0.25) is 0 Å². The van der Waals surface area contributed by atoms with Gasteiger partial charge in [-0.2, -0.15) is 0 Å². The molecule has 1 unspecified atom stereocenters. The molecule has 0 spiro atoms. The minimum Gasteiger partial charge on any atom is -0.465 e. The Morgan fingerprint density at radius 2 is 1.56 bits per heavy atom. The van der Waals surface area contributed by atoms with Crippen LogP contribution < -0.4 is 0 Å². The second-order valence-electron chi connectivity index (χ2n) is 11.4. The zero-order chi connectivity index (χ0) is 25.3. The summed E-state index contributed by atoms with van der Waals surface area (Å²) in [5.74, 6) is 1.06. The minimum absolute atomic E-state index is 0.143. The Hall–Kier alpha value is -2.35. The molecule has 0 bridgehead atoms. The van der Waals surface area contributed by atoms with E-state index in [-0.39, 0.29) is 16.8 Å². The lowest BCUT2D eigenvalue weighted by atomic mass is 9.71. The number of hydrogen-bond donors (Lipinski definition) is 0. The van der Waals surface area contributed by atoms with Crippen molar-refractivity contribution in [1.82, 2.24) is 0 Å². The molecule has 0 radical (unpaired) electrons. The highest BCUT2D eigenvalue weighted by atomic mass is 16.5. The van der Waals surface area contributed by atoms with Crippen LogP contribution in [0, 0.1) is 11.8 Å². The first-order valence-electron chi connectivity index (χ1n) is 13.0. The largest absolute Gasteiger partial charge is 0.465 e. The van der Waals surface area contributed by atoms with Gasteiger partial charge in [-0.25, -0.2) is 4.79 Å². The molecule has 0 aromatic heterocycles. The van der Waals surface area contributed by atoms with Crippen molar-refractivity contribution in [2.24, 2.45) is 11.8 Å². The number of allylic oxidation sites excluding steroid dienone is 1. The molecular formula is C32H44O2. The van der Waals surface area contributed by atoms with Gasteiger partial charge in [-0.05, 0) is 88.0 Å². The van der Waals surface area contributed by atoms with E-state index in [2.05, 4.69) is 73.6 Å². The van der Waals surface area contributed by atoms with Crippen LogP contribution in [-0.4, -0.2) is 13.1 Å². The summed E-state index contributed by atoms with van der Waals surface area (Å²) >= 11 is 0. The van der Waals surface area contributed by atoms with Gasteiger partial charge < -0.3 is 4.74 Å². The Balaban J connectivity index is 2.08. The van der Waals surface area contributed by atoms with E-state index in [1.807, 2.05) is 24.3 Å². The van der Waals surface area contributed by atoms with Gasteiger partial charge in [-0.15, -0.1) is 0 Å². The molecule has 2 heteroatoms. The van der Waals surface area contributed by atoms with E-state index in [1.54, 1.807) is 0 Å². The first-order chi connectivity index (χ1) is 16.0. The van der Waals surface area contributed by atoms with Gasteiger partial charge in [0.15, 0.2) is 0 Å². The first kappa shape index (κ1) is 26.3. The van der Waals surface area contributed by atoms with Gasteiger partial charge in [0, 0.05) is 0 Å². The number of aryl methyl sites for hydroxylation is 1. The molecule has 1 atom stereocenters. The molecule has 0 N–H and O–H groups in total. The molecule has 2 aromatic rings. The van der Waals surface area contributed by atoms with Crippen LogP contribution in [0.2, 0.25) is 0 Å². The van der Waals surface area contributed by atoms with Crippen molar-refractivity contribution in [3.8, 4) is 0 Å². The first-order valence-corrected chi connectivity index (χ1v) is 13.0. The minimum atomic E-state index is -0.298. The number of ether oxygens (including phenoxy) is 1. The number of fused-ring (bicyclic) bond motifs is 1. The van der Waals surface area contributed by atoms with Gasteiger partial charge >= 0.3 is 5.97 Å². The molecular weight excluding hydrogens is 416 g/mol. The highest BCUT2D eigenvalue weighted by Crippen LogP contribution is 2.54. The van der Waals surface area contributed by atoms with Crippen LogP contribution in [0.3, 0.4) is 0 Å². The maximum atomic E-state index is 11.8. The SMILES string of the molecule is CCC(CC)CCc1cc2c(cc1/C(C)=C/c1ccc(C(=O)OC)cc1)C(C)(C)C(C)C2(C)C. The fourth-order valence-corrected chi connectivity index (χ4v) is 5.87. The molecule has 184 valence electrons. The van der Waals surface area contributed by atoms with Gasteiger partial charge in [-0.3, -0.25) is 0 Å². The fourth-order valence-electron chi connectivity index (χ4n) is 5.87. The van der Waals surface area contributed by atoms with Crippen LogP contribution in [0.25, 0.3) is 11.6 Å². The lowest BCUT2D eigenvalue weighted by Gasteiger charge is -2.32. The lowest BCUT2D eigenvalue weighted by Crippen LogP contribution is -2.30. The van der Waals surface area contributed by atoms with Crippen LogP contribution in [0.5, 0.6) is 0 Å². The topological polar surface area (TPSA) is 26.3 Å². The molecule has 3 rings (SSSR count). The summed E-state index contributed by atoms with van der Waals surface area (Å²) < 4.78 is 4.84. The normalized spacial score (nSPS) is 18.8. The number of esters is 1. The smallest absolute Gasteiger partial charge is 0.337 e. The molecule has 2 aromatic carbocycles. The predicted octanol–water partition coefficient (Wildman–Crippen LogP) is 8.61. The third-order valence-corrected chi connectivity index (χ3v) is 8.91. The molecule has 1 aliphatic carbocycles. The summed E-state index contributed by atoms with van der Waals surface area (Å²) in [7, 11) is 1.42. The van der Waals surface area contributed by atoms with Crippen molar-refractivity contribution >= 4 is 17.6 Å². The number of benzene rings is 2. The van der Waals surface area contributed by atoms with Gasteiger partial charge in [-0.1, -0.05) is 91.6 Å².